The quantitative estimate of drug-likeness (QED) is 0.508. The van der Waals surface area contributed by atoms with Crippen molar-refractivity contribution in [2.45, 2.75) is 11.8 Å². The molecule has 5 rings (SSSR count). The van der Waals surface area contributed by atoms with Crippen LogP contribution >= 0.6 is 0 Å². The summed E-state index contributed by atoms with van der Waals surface area (Å²) in [5.74, 6) is -0.970. The zero-order valence-corrected chi connectivity index (χ0v) is 14.9. The largest absolute Gasteiger partial charge is 0.438 e. The number of imidazole rings is 1. The van der Waals surface area contributed by atoms with Crippen molar-refractivity contribution in [3.8, 4) is 11.4 Å². The van der Waals surface area contributed by atoms with Crippen LogP contribution < -0.4 is 5.32 Å². The molecular formula is C22H14F3N3O. The van der Waals surface area contributed by atoms with Gasteiger partial charge in [-0.15, -0.1) is 0 Å². The zero-order chi connectivity index (χ0) is 20.2. The number of carbonyl (C=O) groups is 1. The van der Waals surface area contributed by atoms with Gasteiger partial charge in [-0.25, -0.2) is 4.98 Å². The smallest absolute Gasteiger partial charge is 0.348 e. The molecule has 1 N–H and O–H groups in total. The summed E-state index contributed by atoms with van der Waals surface area (Å²) in [6.45, 7) is 0. The fourth-order valence-electron chi connectivity index (χ4n) is 3.89. The first-order valence-electron chi connectivity index (χ1n) is 8.95. The summed E-state index contributed by atoms with van der Waals surface area (Å²) in [5.41, 5.74) is -1.86. The van der Waals surface area contributed by atoms with Crippen LogP contribution in [0.3, 0.4) is 0 Å². The van der Waals surface area contributed by atoms with Gasteiger partial charge in [0.25, 0.3) is 5.66 Å². The van der Waals surface area contributed by atoms with E-state index < -0.39 is 17.6 Å². The Bertz CT molecular complexity index is 1250. The first-order valence-corrected chi connectivity index (χ1v) is 8.95. The standard InChI is InChI=1S/C22H14F3N3O/c23-22(24,25)21(27-14-8-2-1-3-9-14)19(29)15-10-4-5-11-16(15)20-26-17-12-6-7-13-18(17)28(20)21/h1-13,27H. The number of halogens is 3. The maximum absolute atomic E-state index is 14.8. The lowest BCUT2D eigenvalue weighted by Gasteiger charge is -2.41. The van der Waals surface area contributed by atoms with Gasteiger partial charge in [0.1, 0.15) is 5.82 Å². The van der Waals surface area contributed by atoms with Crippen LogP contribution in [0.1, 0.15) is 10.4 Å². The average molecular weight is 393 g/mol. The molecule has 0 fully saturated rings. The van der Waals surface area contributed by atoms with E-state index in [-0.39, 0.29) is 22.6 Å². The number of para-hydroxylation sites is 3. The van der Waals surface area contributed by atoms with E-state index in [4.69, 9.17) is 0 Å². The molecule has 144 valence electrons. The van der Waals surface area contributed by atoms with Crippen LogP contribution in [0, 0.1) is 0 Å². The summed E-state index contributed by atoms with van der Waals surface area (Å²) in [6, 6.07) is 20.7. The van der Waals surface area contributed by atoms with Gasteiger partial charge in [0, 0.05) is 16.8 Å². The number of alkyl halides is 3. The van der Waals surface area contributed by atoms with Crippen LogP contribution in [0.2, 0.25) is 0 Å². The number of hydrogen-bond donors (Lipinski definition) is 1. The maximum Gasteiger partial charge on any atom is 0.438 e. The van der Waals surface area contributed by atoms with Crippen LogP contribution in [-0.2, 0) is 5.66 Å². The number of ketones is 1. The summed E-state index contributed by atoms with van der Waals surface area (Å²) in [7, 11) is 0. The van der Waals surface area contributed by atoms with E-state index in [9.17, 15) is 18.0 Å². The summed E-state index contributed by atoms with van der Waals surface area (Å²) in [5, 5.41) is 2.51. The molecule has 1 atom stereocenters. The minimum atomic E-state index is -4.94. The molecule has 7 heteroatoms. The molecule has 0 aliphatic carbocycles. The zero-order valence-electron chi connectivity index (χ0n) is 14.9. The second-order valence-electron chi connectivity index (χ2n) is 6.83. The highest BCUT2D eigenvalue weighted by molar-refractivity contribution is 6.11. The van der Waals surface area contributed by atoms with Gasteiger partial charge in [-0.05, 0) is 24.3 Å². The van der Waals surface area contributed by atoms with E-state index in [1.165, 1.54) is 18.2 Å². The van der Waals surface area contributed by atoms with Gasteiger partial charge in [-0.3, -0.25) is 9.36 Å². The predicted octanol–water partition coefficient (Wildman–Crippen LogP) is 5.23. The van der Waals surface area contributed by atoms with Crippen LogP contribution in [0.4, 0.5) is 18.9 Å². The number of nitrogens with zero attached hydrogens (tertiary/aromatic N) is 2. The molecule has 4 aromatic rings. The molecule has 1 unspecified atom stereocenters. The Balaban J connectivity index is 1.92. The number of anilines is 1. The molecule has 0 saturated heterocycles. The van der Waals surface area contributed by atoms with Crippen molar-refractivity contribution < 1.29 is 18.0 Å². The van der Waals surface area contributed by atoms with E-state index in [2.05, 4.69) is 10.3 Å². The maximum atomic E-state index is 14.8. The van der Waals surface area contributed by atoms with Crippen molar-refractivity contribution in [1.82, 2.24) is 9.55 Å². The highest BCUT2D eigenvalue weighted by atomic mass is 19.4. The molecule has 3 aromatic carbocycles. The second-order valence-corrected chi connectivity index (χ2v) is 6.83. The third kappa shape index (κ3) is 2.33. The Hall–Kier alpha value is -3.61. The lowest BCUT2D eigenvalue weighted by atomic mass is 9.88. The molecule has 29 heavy (non-hydrogen) atoms. The Labute approximate surface area is 163 Å². The Morgan fingerprint density at radius 2 is 1.45 bits per heavy atom. The number of nitrogens with one attached hydrogen (secondary N) is 1. The summed E-state index contributed by atoms with van der Waals surface area (Å²) in [6.07, 6.45) is -4.94. The minimum absolute atomic E-state index is 0.0175. The SMILES string of the molecule is O=C1c2ccccc2-c2nc3ccccc3n2C1(Nc1ccccc1)C(F)(F)F. The highest BCUT2D eigenvalue weighted by Gasteiger charge is 2.65. The molecular weight excluding hydrogens is 379 g/mol. The van der Waals surface area contributed by atoms with Crippen molar-refractivity contribution in [3.63, 3.8) is 0 Å². The molecule has 1 aliphatic heterocycles. The fourth-order valence-corrected chi connectivity index (χ4v) is 3.89. The van der Waals surface area contributed by atoms with Crippen LogP contribution in [0.25, 0.3) is 22.4 Å². The van der Waals surface area contributed by atoms with Crippen LogP contribution in [0.5, 0.6) is 0 Å². The molecule has 1 aliphatic rings. The van der Waals surface area contributed by atoms with Crippen molar-refractivity contribution in [1.29, 1.82) is 0 Å². The summed E-state index contributed by atoms with van der Waals surface area (Å²) < 4.78 is 45.3. The summed E-state index contributed by atoms with van der Waals surface area (Å²) >= 11 is 0. The van der Waals surface area contributed by atoms with E-state index in [0.29, 0.717) is 11.1 Å². The first-order chi connectivity index (χ1) is 13.9. The molecule has 0 bridgehead atoms. The molecule has 0 amide bonds. The Morgan fingerprint density at radius 3 is 2.17 bits per heavy atom. The van der Waals surface area contributed by atoms with E-state index in [1.807, 2.05) is 0 Å². The average Bonchev–Trinajstić information content (AvgIpc) is 3.11. The van der Waals surface area contributed by atoms with Gasteiger partial charge >= 0.3 is 6.18 Å². The predicted molar refractivity (Wildman–Crippen MR) is 104 cm³/mol. The lowest BCUT2D eigenvalue weighted by molar-refractivity contribution is -0.186. The number of aromatic nitrogens is 2. The number of fused-ring (bicyclic) bond motifs is 5. The number of hydrogen-bond acceptors (Lipinski definition) is 3. The van der Waals surface area contributed by atoms with Crippen LogP contribution in [0.15, 0.2) is 78.9 Å². The van der Waals surface area contributed by atoms with Crippen molar-refractivity contribution in [2.24, 2.45) is 0 Å². The lowest BCUT2D eigenvalue weighted by Crippen LogP contribution is -2.61. The molecule has 2 heterocycles. The monoisotopic (exact) mass is 393 g/mol. The van der Waals surface area contributed by atoms with Crippen molar-refractivity contribution in [3.05, 3.63) is 84.4 Å². The third-order valence-electron chi connectivity index (χ3n) is 5.15. The fraction of sp³-hybridized carbons (Fsp3) is 0.0909. The van der Waals surface area contributed by atoms with Crippen molar-refractivity contribution in [2.75, 3.05) is 5.32 Å². The normalized spacial score (nSPS) is 18.4. The summed E-state index contributed by atoms with van der Waals surface area (Å²) in [4.78, 5) is 17.9. The van der Waals surface area contributed by atoms with Gasteiger partial charge in [-0.2, -0.15) is 13.2 Å². The Morgan fingerprint density at radius 1 is 0.828 bits per heavy atom. The second kappa shape index (κ2) is 5.94. The highest BCUT2D eigenvalue weighted by Crippen LogP contribution is 2.48. The van der Waals surface area contributed by atoms with Crippen molar-refractivity contribution >= 4 is 22.5 Å². The molecule has 0 spiro atoms. The van der Waals surface area contributed by atoms with Crippen LogP contribution in [-0.4, -0.2) is 21.5 Å². The number of carbonyl (C=O) groups excluding carboxylic acids is 1. The molecule has 4 nitrogen and oxygen atoms in total. The third-order valence-corrected chi connectivity index (χ3v) is 5.15. The van der Waals surface area contributed by atoms with E-state index >= 15 is 0 Å². The van der Waals surface area contributed by atoms with Gasteiger partial charge in [0.15, 0.2) is 0 Å². The number of benzene rings is 3. The first kappa shape index (κ1) is 17.5. The van der Waals surface area contributed by atoms with Gasteiger partial charge in [0.05, 0.1) is 11.0 Å². The topological polar surface area (TPSA) is 46.9 Å². The van der Waals surface area contributed by atoms with Gasteiger partial charge < -0.3 is 5.32 Å². The van der Waals surface area contributed by atoms with Gasteiger partial charge in [0.2, 0.25) is 5.78 Å². The molecule has 0 radical (unpaired) electrons. The number of rotatable bonds is 2. The molecule has 1 aromatic heterocycles. The van der Waals surface area contributed by atoms with E-state index in [1.54, 1.807) is 60.7 Å². The number of Topliss-reactive ketones (excluding diaryl/α,β-unsaturated/α-hetero) is 1. The Kier molecular flexibility index (Phi) is 3.58. The molecule has 0 saturated carbocycles. The van der Waals surface area contributed by atoms with E-state index in [0.717, 1.165) is 4.57 Å². The van der Waals surface area contributed by atoms with Gasteiger partial charge in [-0.1, -0.05) is 54.6 Å². The minimum Gasteiger partial charge on any atom is -0.348 e.